The Kier molecular flexibility index (Phi) is 10.7. The molecule has 1 aliphatic carbocycles. The maximum absolute atomic E-state index is 14.3. The predicted molar refractivity (Wildman–Crippen MR) is 221 cm³/mol. The highest BCUT2D eigenvalue weighted by Crippen LogP contribution is 2.38. The Morgan fingerprint density at radius 2 is 1.80 bits per heavy atom. The van der Waals surface area contributed by atoms with E-state index in [9.17, 15) is 28.0 Å². The number of aromatic nitrogens is 6. The lowest BCUT2D eigenvalue weighted by Gasteiger charge is -2.38. The van der Waals surface area contributed by atoms with Crippen molar-refractivity contribution in [1.82, 2.24) is 43.9 Å². The van der Waals surface area contributed by atoms with Gasteiger partial charge in [0, 0.05) is 63.5 Å². The number of piperidine rings is 1. The topological polar surface area (TPSA) is 184 Å². The molecule has 3 atom stereocenters. The van der Waals surface area contributed by atoms with Gasteiger partial charge < -0.3 is 25.2 Å². The number of hydrogen-bond acceptors (Lipinski definition) is 13. The number of carbonyl (C=O) groups is 4. The second kappa shape index (κ2) is 16.4. The van der Waals surface area contributed by atoms with Crippen molar-refractivity contribution >= 4 is 68.1 Å². The first-order valence-corrected chi connectivity index (χ1v) is 21.8. The summed E-state index contributed by atoms with van der Waals surface area (Å²) >= 11 is 1.24. The Labute approximate surface area is 352 Å². The molecule has 10 rings (SSSR count). The molecule has 2 bridgehead atoms. The van der Waals surface area contributed by atoms with Gasteiger partial charge in [0.1, 0.15) is 11.4 Å². The molecule has 61 heavy (non-hydrogen) atoms. The zero-order valence-electron chi connectivity index (χ0n) is 33.3. The van der Waals surface area contributed by atoms with Crippen molar-refractivity contribution in [1.29, 1.82) is 0 Å². The van der Waals surface area contributed by atoms with Crippen LogP contribution in [0, 0.1) is 5.92 Å². The van der Waals surface area contributed by atoms with Gasteiger partial charge in [0.25, 0.3) is 12.3 Å². The highest BCUT2D eigenvalue weighted by molar-refractivity contribution is 7.14. The lowest BCUT2D eigenvalue weighted by molar-refractivity contribution is -0.134. The van der Waals surface area contributed by atoms with Gasteiger partial charge in [0.05, 0.1) is 65.2 Å². The Morgan fingerprint density at radius 3 is 2.56 bits per heavy atom. The molecule has 5 aliphatic rings. The number of anilines is 3. The van der Waals surface area contributed by atoms with Crippen LogP contribution in [0.4, 0.5) is 26.0 Å². The van der Waals surface area contributed by atoms with Gasteiger partial charge in [-0.05, 0) is 68.1 Å². The molecular weight excluding hydrogens is 811 g/mol. The molecule has 4 aromatic heterocycles. The molecule has 8 heterocycles. The number of morpholine rings is 1. The molecule has 1 aromatic carbocycles. The second-order valence-electron chi connectivity index (χ2n) is 16.8. The minimum absolute atomic E-state index is 0.0160. The number of carbonyl (C=O) groups excluding carboxylic acids is 4. The molecule has 5 fully saturated rings. The number of nitrogens with one attached hydrogen (secondary N) is 3. The summed E-state index contributed by atoms with van der Waals surface area (Å²) in [4.78, 5) is 62.4. The van der Waals surface area contributed by atoms with Crippen LogP contribution in [0.1, 0.15) is 85.1 Å². The van der Waals surface area contributed by atoms with Crippen molar-refractivity contribution in [2.24, 2.45) is 5.92 Å². The van der Waals surface area contributed by atoms with Crippen LogP contribution >= 0.6 is 11.5 Å². The zero-order valence-corrected chi connectivity index (χ0v) is 34.2. The van der Waals surface area contributed by atoms with Gasteiger partial charge in [-0.25, -0.2) is 18.3 Å². The third kappa shape index (κ3) is 7.97. The Balaban J connectivity index is 0.699. The molecule has 17 nitrogen and oxygen atoms in total. The minimum Gasteiger partial charge on any atom is -0.374 e. The SMILES string of the molecule is O=C1CCC(c2nsc3c(NC(=O)CN4CCN(CC5CCC(n6cc(NC(=O)c7cnn8ccc(N9CC%10CC9CO%10)nc78)c(C(F)F)n6)CC5)CC4)cccc23)C(=O)N1. The van der Waals surface area contributed by atoms with Crippen molar-refractivity contribution in [3.63, 3.8) is 0 Å². The molecule has 5 aromatic rings. The van der Waals surface area contributed by atoms with Crippen molar-refractivity contribution in [2.45, 2.75) is 75.5 Å². The molecule has 0 radical (unpaired) electrons. The molecule has 4 aliphatic heterocycles. The van der Waals surface area contributed by atoms with Crippen LogP contribution in [0.25, 0.3) is 15.7 Å². The Morgan fingerprint density at radius 1 is 0.984 bits per heavy atom. The van der Waals surface area contributed by atoms with E-state index in [0.29, 0.717) is 36.0 Å². The van der Waals surface area contributed by atoms with Crippen molar-refractivity contribution in [2.75, 3.05) is 68.0 Å². The molecule has 320 valence electrons. The lowest BCUT2D eigenvalue weighted by atomic mass is 9.85. The predicted octanol–water partition coefficient (Wildman–Crippen LogP) is 4.21. The number of amides is 4. The zero-order chi connectivity index (χ0) is 41.8. The van der Waals surface area contributed by atoms with Gasteiger partial charge in [-0.3, -0.25) is 34.1 Å². The van der Waals surface area contributed by atoms with E-state index in [1.165, 1.54) is 28.4 Å². The monoisotopic (exact) mass is 856 g/mol. The summed E-state index contributed by atoms with van der Waals surface area (Å²) in [6.45, 7) is 5.75. The number of halogens is 2. The number of fused-ring (bicyclic) bond motifs is 4. The summed E-state index contributed by atoms with van der Waals surface area (Å²) in [5.41, 5.74) is 1.35. The summed E-state index contributed by atoms with van der Waals surface area (Å²) in [5.74, 6) is -0.615. The number of ether oxygens (including phenoxy) is 1. The first-order chi connectivity index (χ1) is 29.6. The number of benzene rings is 1. The summed E-state index contributed by atoms with van der Waals surface area (Å²) in [6.07, 6.45) is 7.04. The van der Waals surface area contributed by atoms with E-state index in [1.54, 1.807) is 10.9 Å². The quantitative estimate of drug-likeness (QED) is 0.161. The van der Waals surface area contributed by atoms with Crippen LogP contribution < -0.4 is 20.9 Å². The van der Waals surface area contributed by atoms with E-state index in [4.69, 9.17) is 9.72 Å². The summed E-state index contributed by atoms with van der Waals surface area (Å²) in [7, 11) is 0. The molecule has 3 unspecified atom stereocenters. The first-order valence-electron chi connectivity index (χ1n) is 21.0. The van der Waals surface area contributed by atoms with E-state index >= 15 is 0 Å². The normalized spacial score (nSPS) is 24.9. The number of alkyl halides is 2. The average molecular weight is 857 g/mol. The molecule has 3 N–H and O–H groups in total. The Hall–Kier alpha value is -5.44. The van der Waals surface area contributed by atoms with Crippen LogP contribution in [0.15, 0.2) is 42.9 Å². The van der Waals surface area contributed by atoms with E-state index in [1.807, 2.05) is 24.3 Å². The highest BCUT2D eigenvalue weighted by Gasteiger charge is 2.40. The fourth-order valence-corrected chi connectivity index (χ4v) is 10.6. The maximum Gasteiger partial charge on any atom is 0.284 e. The second-order valence-corrected chi connectivity index (χ2v) is 17.6. The van der Waals surface area contributed by atoms with E-state index in [0.717, 1.165) is 87.3 Å². The van der Waals surface area contributed by atoms with Crippen molar-refractivity contribution < 1.29 is 32.7 Å². The maximum atomic E-state index is 14.3. The van der Waals surface area contributed by atoms with Gasteiger partial charge >= 0.3 is 0 Å². The smallest absolute Gasteiger partial charge is 0.284 e. The van der Waals surface area contributed by atoms with Crippen LogP contribution in [-0.4, -0.2) is 127 Å². The number of imide groups is 1. The van der Waals surface area contributed by atoms with Crippen LogP contribution in [0.2, 0.25) is 0 Å². The van der Waals surface area contributed by atoms with E-state index < -0.39 is 23.9 Å². The van der Waals surface area contributed by atoms with Crippen molar-refractivity contribution in [3.05, 3.63) is 59.8 Å². The van der Waals surface area contributed by atoms with Crippen LogP contribution in [-0.2, 0) is 19.1 Å². The van der Waals surface area contributed by atoms with Gasteiger partial charge in [-0.2, -0.15) is 14.6 Å². The largest absolute Gasteiger partial charge is 0.374 e. The number of hydrogen-bond donors (Lipinski definition) is 3. The lowest BCUT2D eigenvalue weighted by Crippen LogP contribution is -2.49. The summed E-state index contributed by atoms with van der Waals surface area (Å²) in [6, 6.07) is 7.61. The fraction of sp³-hybridized carbons (Fsp3) is 0.512. The van der Waals surface area contributed by atoms with Crippen LogP contribution in [0.5, 0.6) is 0 Å². The van der Waals surface area contributed by atoms with Gasteiger partial charge in [0.15, 0.2) is 11.3 Å². The van der Waals surface area contributed by atoms with E-state index in [2.05, 4.69) is 45.2 Å². The Bertz CT molecular complexity index is 2490. The summed E-state index contributed by atoms with van der Waals surface area (Å²) in [5, 5.41) is 17.5. The molecular formula is C41H46F2N12O5S. The highest BCUT2D eigenvalue weighted by atomic mass is 32.1. The summed E-state index contributed by atoms with van der Waals surface area (Å²) < 4.78 is 42.7. The number of piperazine rings is 1. The molecule has 1 saturated carbocycles. The van der Waals surface area contributed by atoms with Gasteiger partial charge in [-0.1, -0.05) is 12.1 Å². The fourth-order valence-electron chi connectivity index (χ4n) is 9.66. The number of nitrogens with zero attached hydrogens (tertiary/aromatic N) is 9. The van der Waals surface area contributed by atoms with Gasteiger partial charge in [-0.15, -0.1) is 0 Å². The third-order valence-corrected chi connectivity index (χ3v) is 13.8. The van der Waals surface area contributed by atoms with E-state index in [-0.39, 0.29) is 60.1 Å². The molecule has 4 saturated heterocycles. The molecule has 4 amide bonds. The standard InChI is InChI=1S/C41H46F2N12O5S/c42-38(43)36-31(46-41(59)29-17-44-54-11-10-32(47-39(29)54)53-19-26-16-25(53)22-60-26)20-55(49-36)24-6-4-23(5-7-24)18-51-12-14-52(15-13-51)21-34(57)45-30-3-1-2-27-35(50-61-37(27)30)28-8-9-33(56)48-40(28)58/h1-3,10-11,17,20,23-26,28,38H,4-9,12-16,18-19,21-22H2,(H,45,57)(H,46,59)(H,48,56,58). The number of rotatable bonds is 11. The molecule has 0 spiro atoms. The van der Waals surface area contributed by atoms with Crippen molar-refractivity contribution in [3.8, 4) is 0 Å². The van der Waals surface area contributed by atoms with Crippen LogP contribution in [0.3, 0.4) is 0 Å². The minimum atomic E-state index is -2.87. The first kappa shape index (κ1) is 39.7. The average Bonchev–Trinajstić information content (AvgIpc) is 4.11. The molecule has 20 heteroatoms. The third-order valence-electron chi connectivity index (χ3n) is 12.9. The van der Waals surface area contributed by atoms with Gasteiger partial charge in [0.2, 0.25) is 17.7 Å².